The maximum Gasteiger partial charge on any atom is 0.221 e. The molecule has 0 aromatic rings. The molecule has 0 saturated carbocycles. The third kappa shape index (κ3) is 2.09. The van der Waals surface area contributed by atoms with E-state index in [1.807, 2.05) is 0 Å². The highest BCUT2D eigenvalue weighted by molar-refractivity contribution is 14.1. The summed E-state index contributed by atoms with van der Waals surface area (Å²) in [5, 5.41) is 3.16. The Labute approximate surface area is 73.9 Å². The summed E-state index contributed by atoms with van der Waals surface area (Å²) in [5.41, 5.74) is 5.15. The van der Waals surface area contributed by atoms with Crippen LogP contribution in [0.15, 0.2) is 0 Å². The second-order valence-electron chi connectivity index (χ2n) is 2.59. The molecular formula is C6H11IN2O. The molecular weight excluding hydrogens is 243 g/mol. The van der Waals surface area contributed by atoms with Gasteiger partial charge in [0.1, 0.15) is 0 Å². The first-order valence-corrected chi connectivity index (χ1v) is 4.59. The Morgan fingerprint density at radius 3 is 2.70 bits per heavy atom. The predicted molar refractivity (Wildman–Crippen MR) is 48.0 cm³/mol. The van der Waals surface area contributed by atoms with Crippen LogP contribution in [0.25, 0.3) is 0 Å². The van der Waals surface area contributed by atoms with E-state index in [4.69, 9.17) is 5.73 Å². The molecule has 1 aliphatic rings. The summed E-state index contributed by atoms with van der Waals surface area (Å²) in [6, 6.07) is 0. The fourth-order valence-electron chi connectivity index (χ4n) is 1.11. The highest BCUT2D eigenvalue weighted by atomic mass is 127. The summed E-state index contributed by atoms with van der Waals surface area (Å²) in [5.74, 6) is -0.121. The number of carbonyl (C=O) groups is 1. The average Bonchev–Trinajstić information content (AvgIpc) is 1.88. The molecule has 0 aromatic carbocycles. The molecule has 1 amide bonds. The van der Waals surface area contributed by atoms with Crippen LogP contribution in [0.3, 0.4) is 0 Å². The Morgan fingerprint density at radius 1 is 1.60 bits per heavy atom. The second kappa shape index (κ2) is 3.52. The van der Waals surface area contributed by atoms with Crippen LogP contribution in [0, 0.1) is 5.92 Å². The van der Waals surface area contributed by atoms with Gasteiger partial charge in [-0.2, -0.15) is 0 Å². The Hall–Kier alpha value is 0.160. The molecule has 0 unspecified atom stereocenters. The lowest BCUT2D eigenvalue weighted by Gasteiger charge is -2.23. The van der Waals surface area contributed by atoms with Gasteiger partial charge in [0.15, 0.2) is 0 Å². The van der Waals surface area contributed by atoms with Crippen molar-refractivity contribution in [1.82, 2.24) is 5.32 Å². The first-order valence-electron chi connectivity index (χ1n) is 3.34. The van der Waals surface area contributed by atoms with E-state index in [0.717, 1.165) is 19.5 Å². The summed E-state index contributed by atoms with van der Waals surface area (Å²) in [6.45, 7) is 1.76. The first-order chi connectivity index (χ1) is 4.70. The Kier molecular flexibility index (Phi) is 2.91. The minimum Gasteiger partial charge on any atom is -0.369 e. The van der Waals surface area contributed by atoms with Crippen LogP contribution in [0.5, 0.6) is 0 Å². The molecule has 3 N–H and O–H groups in total. The van der Waals surface area contributed by atoms with Crippen molar-refractivity contribution in [2.24, 2.45) is 11.7 Å². The Morgan fingerprint density at radius 2 is 2.30 bits per heavy atom. The van der Waals surface area contributed by atoms with E-state index in [1.165, 1.54) is 0 Å². The standard InChI is InChI=1S/C6H11IN2O/c7-5-1-4(6(8)10)2-9-3-5/h4-5,9H,1-3H2,(H2,8,10)/t4-,5-/m0/s1. The molecule has 0 radical (unpaired) electrons. The number of carbonyl (C=O) groups excluding carboxylic acids is 1. The van der Waals surface area contributed by atoms with Gasteiger partial charge in [0.05, 0.1) is 5.92 Å². The van der Waals surface area contributed by atoms with Crippen molar-refractivity contribution >= 4 is 28.5 Å². The number of nitrogens with one attached hydrogen (secondary N) is 1. The molecule has 1 heterocycles. The molecule has 0 bridgehead atoms. The van der Waals surface area contributed by atoms with E-state index >= 15 is 0 Å². The van der Waals surface area contributed by atoms with Gasteiger partial charge < -0.3 is 11.1 Å². The topological polar surface area (TPSA) is 55.1 Å². The predicted octanol–water partition coefficient (Wildman–Crippen LogP) is -0.115. The number of hydrogen-bond acceptors (Lipinski definition) is 2. The largest absolute Gasteiger partial charge is 0.369 e. The number of rotatable bonds is 1. The fraction of sp³-hybridized carbons (Fsp3) is 0.833. The lowest BCUT2D eigenvalue weighted by Crippen LogP contribution is -2.42. The van der Waals surface area contributed by atoms with Crippen LogP contribution >= 0.6 is 22.6 Å². The highest BCUT2D eigenvalue weighted by Crippen LogP contribution is 2.16. The summed E-state index contributed by atoms with van der Waals surface area (Å²) in [4.78, 5) is 10.7. The van der Waals surface area contributed by atoms with Crippen LogP contribution in [0.1, 0.15) is 6.42 Å². The van der Waals surface area contributed by atoms with Gasteiger partial charge in [0, 0.05) is 17.0 Å². The molecule has 10 heavy (non-hydrogen) atoms. The summed E-state index contributed by atoms with van der Waals surface area (Å²) >= 11 is 2.34. The zero-order valence-electron chi connectivity index (χ0n) is 5.64. The van der Waals surface area contributed by atoms with E-state index in [2.05, 4.69) is 27.9 Å². The second-order valence-corrected chi connectivity index (χ2v) is 4.35. The Balaban J connectivity index is 2.39. The van der Waals surface area contributed by atoms with Crippen molar-refractivity contribution in [2.45, 2.75) is 10.3 Å². The monoisotopic (exact) mass is 254 g/mol. The van der Waals surface area contributed by atoms with E-state index < -0.39 is 0 Å². The van der Waals surface area contributed by atoms with Gasteiger partial charge in [-0.3, -0.25) is 4.79 Å². The maximum atomic E-state index is 10.7. The van der Waals surface area contributed by atoms with Crippen LogP contribution in [-0.4, -0.2) is 22.9 Å². The molecule has 1 saturated heterocycles. The molecule has 2 atom stereocenters. The zero-order valence-corrected chi connectivity index (χ0v) is 7.80. The van der Waals surface area contributed by atoms with Crippen molar-refractivity contribution in [3.8, 4) is 0 Å². The molecule has 1 rings (SSSR count). The molecule has 0 spiro atoms. The lowest BCUT2D eigenvalue weighted by molar-refractivity contribution is -0.122. The number of hydrogen-bond donors (Lipinski definition) is 2. The summed E-state index contributed by atoms with van der Waals surface area (Å²) in [7, 11) is 0. The van der Waals surface area contributed by atoms with Gasteiger partial charge in [-0.05, 0) is 6.42 Å². The SMILES string of the molecule is NC(=O)[C@@H]1CNC[C@@H](I)C1. The maximum absolute atomic E-state index is 10.7. The smallest absolute Gasteiger partial charge is 0.221 e. The van der Waals surface area contributed by atoms with Crippen molar-refractivity contribution < 1.29 is 4.79 Å². The fourth-order valence-corrected chi connectivity index (χ4v) is 2.03. The van der Waals surface area contributed by atoms with E-state index in [9.17, 15) is 4.79 Å². The molecule has 3 nitrogen and oxygen atoms in total. The number of nitrogens with two attached hydrogens (primary N) is 1. The van der Waals surface area contributed by atoms with Crippen LogP contribution in [0.4, 0.5) is 0 Å². The van der Waals surface area contributed by atoms with Gasteiger partial charge in [0.2, 0.25) is 5.91 Å². The van der Waals surface area contributed by atoms with Crippen LogP contribution < -0.4 is 11.1 Å². The van der Waals surface area contributed by atoms with Gasteiger partial charge in [-0.1, -0.05) is 22.6 Å². The minimum atomic E-state index is -0.172. The van der Waals surface area contributed by atoms with Crippen molar-refractivity contribution in [3.63, 3.8) is 0 Å². The molecule has 58 valence electrons. The van der Waals surface area contributed by atoms with E-state index in [-0.39, 0.29) is 11.8 Å². The average molecular weight is 254 g/mol. The van der Waals surface area contributed by atoms with E-state index in [1.54, 1.807) is 0 Å². The molecule has 1 fully saturated rings. The highest BCUT2D eigenvalue weighted by Gasteiger charge is 2.23. The van der Waals surface area contributed by atoms with Crippen molar-refractivity contribution in [3.05, 3.63) is 0 Å². The molecule has 4 heteroatoms. The molecule has 0 aromatic heterocycles. The Bertz CT molecular complexity index is 140. The van der Waals surface area contributed by atoms with Gasteiger partial charge >= 0.3 is 0 Å². The zero-order chi connectivity index (χ0) is 7.56. The lowest BCUT2D eigenvalue weighted by atomic mass is 9.99. The summed E-state index contributed by atoms with van der Waals surface area (Å²) < 4.78 is 0.559. The third-order valence-corrected chi connectivity index (χ3v) is 2.65. The van der Waals surface area contributed by atoms with Gasteiger partial charge in [-0.15, -0.1) is 0 Å². The number of amides is 1. The number of alkyl halides is 1. The van der Waals surface area contributed by atoms with Gasteiger partial charge in [0.25, 0.3) is 0 Å². The van der Waals surface area contributed by atoms with Gasteiger partial charge in [-0.25, -0.2) is 0 Å². The van der Waals surface area contributed by atoms with Crippen LogP contribution in [-0.2, 0) is 4.79 Å². The van der Waals surface area contributed by atoms with Crippen molar-refractivity contribution in [2.75, 3.05) is 13.1 Å². The van der Waals surface area contributed by atoms with Crippen LogP contribution in [0.2, 0.25) is 0 Å². The number of primary amides is 1. The van der Waals surface area contributed by atoms with Crippen molar-refractivity contribution in [1.29, 1.82) is 0 Å². The van der Waals surface area contributed by atoms with E-state index in [0.29, 0.717) is 3.92 Å². The number of halogens is 1. The quantitative estimate of drug-likeness (QED) is 0.506. The number of piperidine rings is 1. The third-order valence-electron chi connectivity index (χ3n) is 1.70. The summed E-state index contributed by atoms with van der Waals surface area (Å²) in [6.07, 6.45) is 0.933. The first kappa shape index (κ1) is 8.26. The normalized spacial score (nSPS) is 33.7. The molecule has 1 aliphatic heterocycles. The molecule has 0 aliphatic carbocycles. The minimum absolute atomic E-state index is 0.0515.